The van der Waals surface area contributed by atoms with Crippen LogP contribution >= 0.6 is 0 Å². The number of fused-ring (bicyclic) bond motifs is 1. The average molecular weight is 275 g/mol. The number of aliphatic carboxylic acids is 1. The molecule has 0 spiro atoms. The van der Waals surface area contributed by atoms with Gasteiger partial charge in [0.1, 0.15) is 0 Å². The molecule has 0 bridgehead atoms. The van der Waals surface area contributed by atoms with Gasteiger partial charge in [0.05, 0.1) is 12.3 Å². The zero-order valence-electron chi connectivity index (χ0n) is 12.1. The Hall–Kier alpha value is -1.84. The molecule has 1 aliphatic rings. The third kappa shape index (κ3) is 3.38. The standard InChI is InChI=1S/C16H21NO3/c1-11(16(19)20)10-17(2)15(18)9-12-6-7-13-4-3-5-14(13)8-12/h6-8,11H,3-5,9-10H2,1-2H3,(H,19,20). The predicted octanol–water partition coefficient (Wildman–Crippen LogP) is 1.90. The van der Waals surface area contributed by atoms with E-state index < -0.39 is 11.9 Å². The molecule has 2 rings (SSSR count). The second kappa shape index (κ2) is 6.07. The first-order chi connectivity index (χ1) is 9.47. The Labute approximate surface area is 119 Å². The van der Waals surface area contributed by atoms with Crippen LogP contribution in [-0.4, -0.2) is 35.5 Å². The number of carboxylic acid groups (broad SMARTS) is 1. The van der Waals surface area contributed by atoms with E-state index in [9.17, 15) is 9.59 Å². The third-order valence-corrected chi connectivity index (χ3v) is 3.91. The molecule has 1 aromatic carbocycles. The smallest absolute Gasteiger partial charge is 0.308 e. The number of carbonyl (C=O) groups is 2. The summed E-state index contributed by atoms with van der Waals surface area (Å²) in [6, 6.07) is 6.25. The van der Waals surface area contributed by atoms with Crippen molar-refractivity contribution in [2.75, 3.05) is 13.6 Å². The van der Waals surface area contributed by atoms with Gasteiger partial charge >= 0.3 is 5.97 Å². The van der Waals surface area contributed by atoms with E-state index >= 15 is 0 Å². The Kier molecular flexibility index (Phi) is 4.42. The van der Waals surface area contributed by atoms with Gasteiger partial charge < -0.3 is 10.0 Å². The fraction of sp³-hybridized carbons (Fsp3) is 0.500. The van der Waals surface area contributed by atoms with Crippen LogP contribution in [0.25, 0.3) is 0 Å². The van der Waals surface area contributed by atoms with E-state index in [1.54, 1.807) is 14.0 Å². The van der Waals surface area contributed by atoms with Crippen LogP contribution in [0.3, 0.4) is 0 Å². The fourth-order valence-corrected chi connectivity index (χ4v) is 2.64. The van der Waals surface area contributed by atoms with Crippen LogP contribution < -0.4 is 0 Å². The summed E-state index contributed by atoms with van der Waals surface area (Å²) in [5, 5.41) is 8.87. The van der Waals surface area contributed by atoms with Crippen LogP contribution in [0.4, 0.5) is 0 Å². The minimum atomic E-state index is -0.873. The zero-order valence-corrected chi connectivity index (χ0v) is 12.1. The molecule has 1 aromatic rings. The molecule has 1 aliphatic carbocycles. The van der Waals surface area contributed by atoms with Crippen LogP contribution in [-0.2, 0) is 28.9 Å². The molecule has 0 aliphatic heterocycles. The first-order valence-corrected chi connectivity index (χ1v) is 7.05. The van der Waals surface area contributed by atoms with Crippen LogP contribution in [0, 0.1) is 5.92 Å². The Morgan fingerprint density at radius 1 is 1.30 bits per heavy atom. The minimum Gasteiger partial charge on any atom is -0.481 e. The summed E-state index contributed by atoms with van der Waals surface area (Å²) in [7, 11) is 1.66. The van der Waals surface area contributed by atoms with Gasteiger partial charge in [0.2, 0.25) is 5.91 Å². The number of hydrogen-bond acceptors (Lipinski definition) is 2. The van der Waals surface area contributed by atoms with Crippen LogP contribution in [0.15, 0.2) is 18.2 Å². The van der Waals surface area contributed by atoms with Crippen LogP contribution in [0.2, 0.25) is 0 Å². The number of hydrogen-bond donors (Lipinski definition) is 1. The highest BCUT2D eigenvalue weighted by atomic mass is 16.4. The maximum atomic E-state index is 12.1. The number of aryl methyl sites for hydroxylation is 2. The summed E-state index contributed by atoms with van der Waals surface area (Å²) >= 11 is 0. The Bertz CT molecular complexity index is 524. The molecule has 0 fully saturated rings. The summed E-state index contributed by atoms with van der Waals surface area (Å²) in [6.45, 7) is 1.86. The van der Waals surface area contributed by atoms with E-state index in [-0.39, 0.29) is 12.5 Å². The molecule has 0 saturated carbocycles. The molecule has 1 amide bonds. The quantitative estimate of drug-likeness (QED) is 0.893. The highest BCUT2D eigenvalue weighted by Gasteiger charge is 2.18. The molecule has 108 valence electrons. The normalized spacial score (nSPS) is 14.7. The SMILES string of the molecule is CC(CN(C)C(=O)Cc1ccc2c(c1)CCC2)C(=O)O. The molecule has 0 aromatic heterocycles. The molecule has 20 heavy (non-hydrogen) atoms. The maximum Gasteiger partial charge on any atom is 0.308 e. The molecule has 1 N–H and O–H groups in total. The highest BCUT2D eigenvalue weighted by molar-refractivity contribution is 5.79. The topological polar surface area (TPSA) is 57.6 Å². The lowest BCUT2D eigenvalue weighted by Gasteiger charge is -2.19. The monoisotopic (exact) mass is 275 g/mol. The van der Waals surface area contributed by atoms with Crippen molar-refractivity contribution in [1.82, 2.24) is 4.90 Å². The summed E-state index contributed by atoms with van der Waals surface area (Å²) in [6.07, 6.45) is 3.78. The largest absolute Gasteiger partial charge is 0.481 e. The number of amides is 1. The fourth-order valence-electron chi connectivity index (χ4n) is 2.64. The lowest BCUT2D eigenvalue weighted by atomic mass is 10.0. The van der Waals surface area contributed by atoms with Gasteiger partial charge in [-0.25, -0.2) is 0 Å². The second-order valence-corrected chi connectivity index (χ2v) is 5.65. The van der Waals surface area contributed by atoms with E-state index in [0.29, 0.717) is 6.42 Å². The van der Waals surface area contributed by atoms with Crippen molar-refractivity contribution in [3.05, 3.63) is 34.9 Å². The number of nitrogens with zero attached hydrogens (tertiary/aromatic N) is 1. The summed E-state index contributed by atoms with van der Waals surface area (Å²) < 4.78 is 0. The van der Waals surface area contributed by atoms with Crippen molar-refractivity contribution in [2.24, 2.45) is 5.92 Å². The van der Waals surface area contributed by atoms with Crippen molar-refractivity contribution in [3.8, 4) is 0 Å². The number of rotatable bonds is 5. The van der Waals surface area contributed by atoms with Crippen LogP contribution in [0.5, 0.6) is 0 Å². The van der Waals surface area contributed by atoms with E-state index in [1.165, 1.54) is 22.4 Å². The van der Waals surface area contributed by atoms with Gasteiger partial charge in [-0.15, -0.1) is 0 Å². The summed E-state index contributed by atoms with van der Waals surface area (Å²) in [4.78, 5) is 24.4. The third-order valence-electron chi connectivity index (χ3n) is 3.91. The van der Waals surface area contributed by atoms with E-state index in [2.05, 4.69) is 12.1 Å². The number of likely N-dealkylation sites (N-methyl/N-ethyl adjacent to an activating group) is 1. The van der Waals surface area contributed by atoms with Crippen molar-refractivity contribution in [3.63, 3.8) is 0 Å². The van der Waals surface area contributed by atoms with Gasteiger partial charge in [0, 0.05) is 13.6 Å². The van der Waals surface area contributed by atoms with Gasteiger partial charge in [0.25, 0.3) is 0 Å². The van der Waals surface area contributed by atoms with E-state index in [1.807, 2.05) is 6.07 Å². The first-order valence-electron chi connectivity index (χ1n) is 7.05. The maximum absolute atomic E-state index is 12.1. The molecule has 1 atom stereocenters. The van der Waals surface area contributed by atoms with Crippen molar-refractivity contribution in [1.29, 1.82) is 0 Å². The van der Waals surface area contributed by atoms with Crippen molar-refractivity contribution >= 4 is 11.9 Å². The lowest BCUT2D eigenvalue weighted by molar-refractivity contribution is -0.142. The Balaban J connectivity index is 1.95. The van der Waals surface area contributed by atoms with Gasteiger partial charge in [-0.05, 0) is 36.0 Å². The van der Waals surface area contributed by atoms with Gasteiger partial charge in [-0.2, -0.15) is 0 Å². The molecule has 0 radical (unpaired) electrons. The average Bonchev–Trinajstić information content (AvgIpc) is 2.85. The highest BCUT2D eigenvalue weighted by Crippen LogP contribution is 2.23. The lowest BCUT2D eigenvalue weighted by Crippen LogP contribution is -2.34. The molecule has 1 unspecified atom stereocenters. The van der Waals surface area contributed by atoms with E-state index in [0.717, 1.165) is 18.4 Å². The first kappa shape index (κ1) is 14.6. The van der Waals surface area contributed by atoms with Gasteiger partial charge in [-0.3, -0.25) is 9.59 Å². The number of benzene rings is 1. The molecule has 4 nitrogen and oxygen atoms in total. The Morgan fingerprint density at radius 2 is 2.00 bits per heavy atom. The number of carboxylic acids is 1. The summed E-state index contributed by atoms with van der Waals surface area (Å²) in [5.74, 6) is -1.44. The summed E-state index contributed by atoms with van der Waals surface area (Å²) in [5.41, 5.74) is 3.77. The molecular weight excluding hydrogens is 254 g/mol. The molecular formula is C16H21NO3. The van der Waals surface area contributed by atoms with E-state index in [4.69, 9.17) is 5.11 Å². The molecule has 0 saturated heterocycles. The second-order valence-electron chi connectivity index (χ2n) is 5.65. The predicted molar refractivity (Wildman–Crippen MR) is 76.6 cm³/mol. The van der Waals surface area contributed by atoms with Gasteiger partial charge in [-0.1, -0.05) is 25.1 Å². The molecule has 0 heterocycles. The molecule has 4 heteroatoms. The number of carbonyl (C=O) groups excluding carboxylic acids is 1. The Morgan fingerprint density at radius 3 is 2.70 bits per heavy atom. The van der Waals surface area contributed by atoms with Crippen LogP contribution in [0.1, 0.15) is 30.0 Å². The van der Waals surface area contributed by atoms with Crippen molar-refractivity contribution in [2.45, 2.75) is 32.6 Å². The van der Waals surface area contributed by atoms with Crippen molar-refractivity contribution < 1.29 is 14.7 Å². The zero-order chi connectivity index (χ0) is 14.7. The van der Waals surface area contributed by atoms with Gasteiger partial charge in [0.15, 0.2) is 0 Å². The minimum absolute atomic E-state index is 0.0314.